The number of carbonyl (C=O) groups is 2. The first-order valence-corrected chi connectivity index (χ1v) is 8.04. The molecule has 2 amide bonds. The number of nitrogens with zero attached hydrogens (tertiary/aromatic N) is 3. The van der Waals surface area contributed by atoms with Crippen molar-refractivity contribution in [1.29, 1.82) is 0 Å². The molecule has 2 heterocycles. The Hall–Kier alpha value is -3.59. The first kappa shape index (κ1) is 16.9. The van der Waals surface area contributed by atoms with Crippen molar-refractivity contribution in [2.24, 2.45) is 0 Å². The Balaban J connectivity index is 1.72. The van der Waals surface area contributed by atoms with Gasteiger partial charge in [0.2, 0.25) is 5.89 Å². The van der Waals surface area contributed by atoms with E-state index in [-0.39, 0.29) is 36.2 Å². The third kappa shape index (κ3) is 2.74. The van der Waals surface area contributed by atoms with Crippen molar-refractivity contribution in [3.63, 3.8) is 0 Å². The van der Waals surface area contributed by atoms with E-state index in [9.17, 15) is 19.7 Å². The van der Waals surface area contributed by atoms with Crippen LogP contribution in [0.2, 0.25) is 0 Å². The van der Waals surface area contributed by atoms with Crippen LogP contribution in [0.4, 0.5) is 5.69 Å². The number of ether oxygens (including phenoxy) is 1. The molecule has 2 aromatic carbocycles. The molecule has 136 valence electrons. The summed E-state index contributed by atoms with van der Waals surface area (Å²) in [7, 11) is 1.49. The van der Waals surface area contributed by atoms with Crippen molar-refractivity contribution in [3.05, 3.63) is 57.6 Å². The maximum absolute atomic E-state index is 12.5. The van der Waals surface area contributed by atoms with Crippen molar-refractivity contribution in [2.45, 2.75) is 0 Å². The van der Waals surface area contributed by atoms with E-state index in [1.165, 1.54) is 25.3 Å². The van der Waals surface area contributed by atoms with Gasteiger partial charge in [-0.1, -0.05) is 0 Å². The van der Waals surface area contributed by atoms with Crippen molar-refractivity contribution in [3.8, 4) is 11.5 Å². The molecule has 1 aliphatic rings. The Labute approximate surface area is 152 Å². The van der Waals surface area contributed by atoms with Gasteiger partial charge in [0, 0.05) is 24.8 Å². The van der Waals surface area contributed by atoms with Crippen LogP contribution in [0.25, 0.3) is 22.6 Å². The highest BCUT2D eigenvalue weighted by Gasteiger charge is 2.35. The van der Waals surface area contributed by atoms with Crippen molar-refractivity contribution in [1.82, 2.24) is 9.88 Å². The minimum absolute atomic E-state index is 0.0918. The van der Waals surface area contributed by atoms with Gasteiger partial charge in [-0.15, -0.1) is 0 Å². The fraction of sp³-hybridized carbons (Fsp3) is 0.167. The van der Waals surface area contributed by atoms with Gasteiger partial charge in [-0.3, -0.25) is 24.6 Å². The van der Waals surface area contributed by atoms with Gasteiger partial charge >= 0.3 is 0 Å². The first-order valence-electron chi connectivity index (χ1n) is 8.04. The smallest absolute Gasteiger partial charge is 0.271 e. The van der Waals surface area contributed by atoms with Crippen LogP contribution < -0.4 is 0 Å². The van der Waals surface area contributed by atoms with Gasteiger partial charge in [-0.25, -0.2) is 4.98 Å². The molecule has 0 unspecified atom stereocenters. The number of methoxy groups -OCH3 is 1. The first-order chi connectivity index (χ1) is 13.0. The van der Waals surface area contributed by atoms with Crippen molar-refractivity contribution >= 4 is 28.6 Å². The van der Waals surface area contributed by atoms with Gasteiger partial charge in [0.05, 0.1) is 29.2 Å². The molecule has 0 fully saturated rings. The second-order valence-corrected chi connectivity index (χ2v) is 5.94. The maximum atomic E-state index is 12.5. The summed E-state index contributed by atoms with van der Waals surface area (Å²) < 4.78 is 10.6. The van der Waals surface area contributed by atoms with Crippen LogP contribution >= 0.6 is 0 Å². The Bertz CT molecular complexity index is 1100. The molecule has 0 spiro atoms. The summed E-state index contributed by atoms with van der Waals surface area (Å²) in [5, 5.41) is 10.9. The number of aromatic nitrogens is 1. The summed E-state index contributed by atoms with van der Waals surface area (Å²) in [6, 6.07) is 8.84. The summed E-state index contributed by atoms with van der Waals surface area (Å²) in [6.07, 6.45) is 0. The number of oxazole rings is 1. The zero-order valence-electron chi connectivity index (χ0n) is 14.2. The predicted octanol–water partition coefficient (Wildman–Crippen LogP) is 2.65. The number of nitro groups is 1. The van der Waals surface area contributed by atoms with E-state index >= 15 is 0 Å². The summed E-state index contributed by atoms with van der Waals surface area (Å²) in [6.45, 7) is 0.424. The molecule has 0 atom stereocenters. The molecule has 0 radical (unpaired) electrons. The van der Waals surface area contributed by atoms with Crippen molar-refractivity contribution < 1.29 is 23.7 Å². The van der Waals surface area contributed by atoms with Crippen molar-refractivity contribution in [2.75, 3.05) is 20.3 Å². The lowest BCUT2D eigenvalue weighted by atomic mass is 10.1. The lowest BCUT2D eigenvalue weighted by Gasteiger charge is -2.12. The van der Waals surface area contributed by atoms with Gasteiger partial charge in [-0.05, 0) is 24.3 Å². The number of rotatable bonds is 5. The molecule has 27 heavy (non-hydrogen) atoms. The molecule has 9 nitrogen and oxygen atoms in total. The summed E-state index contributed by atoms with van der Waals surface area (Å²) in [5.41, 5.74) is 1.71. The van der Waals surface area contributed by atoms with E-state index in [0.29, 0.717) is 22.2 Å². The van der Waals surface area contributed by atoms with E-state index in [1.807, 2.05) is 0 Å². The number of benzene rings is 2. The molecular formula is C18H13N3O6. The third-order valence-corrected chi connectivity index (χ3v) is 4.32. The van der Waals surface area contributed by atoms with Crippen LogP contribution in [0.1, 0.15) is 20.7 Å². The molecule has 3 aromatic rings. The summed E-state index contributed by atoms with van der Waals surface area (Å²) in [5.74, 6) is -0.559. The van der Waals surface area contributed by atoms with Crippen LogP contribution in [-0.2, 0) is 4.74 Å². The van der Waals surface area contributed by atoms with E-state index < -0.39 is 10.8 Å². The molecule has 9 heteroatoms. The third-order valence-electron chi connectivity index (χ3n) is 4.32. The predicted molar refractivity (Wildman–Crippen MR) is 93.3 cm³/mol. The van der Waals surface area contributed by atoms with Gasteiger partial charge in [0.15, 0.2) is 5.58 Å². The SMILES string of the molecule is COCCN1C(=O)c2ccc(-c3nc4cc([N+](=O)[O-])ccc4o3)cc2C1=O. The topological polar surface area (TPSA) is 116 Å². The summed E-state index contributed by atoms with van der Waals surface area (Å²) >= 11 is 0. The lowest BCUT2D eigenvalue weighted by Crippen LogP contribution is -2.32. The normalized spacial score (nSPS) is 13.4. The number of non-ortho nitro benzene ring substituents is 1. The number of imide groups is 1. The van der Waals surface area contributed by atoms with E-state index in [0.717, 1.165) is 4.90 Å². The molecule has 1 aromatic heterocycles. The number of amides is 2. The zero-order chi connectivity index (χ0) is 19.1. The van der Waals surface area contributed by atoms with Crippen LogP contribution in [0.15, 0.2) is 40.8 Å². The van der Waals surface area contributed by atoms with Gasteiger partial charge < -0.3 is 9.15 Å². The lowest BCUT2D eigenvalue weighted by molar-refractivity contribution is -0.384. The van der Waals surface area contributed by atoms with E-state index in [4.69, 9.17) is 9.15 Å². The van der Waals surface area contributed by atoms with Gasteiger partial charge in [-0.2, -0.15) is 0 Å². The average Bonchev–Trinajstić information content (AvgIpc) is 3.19. The zero-order valence-corrected chi connectivity index (χ0v) is 14.2. The Morgan fingerprint density at radius 3 is 2.67 bits per heavy atom. The monoisotopic (exact) mass is 367 g/mol. The highest BCUT2D eigenvalue weighted by Crippen LogP contribution is 2.31. The molecule has 0 bridgehead atoms. The molecule has 0 saturated heterocycles. The molecule has 0 aliphatic carbocycles. The standard InChI is InChI=1S/C18H13N3O6/c1-26-7-6-20-17(22)12-4-2-10(8-13(12)18(20)23)16-19-14-9-11(21(24)25)3-5-15(14)27-16/h2-5,8-9H,6-7H2,1H3. The minimum atomic E-state index is -0.512. The Kier molecular flexibility index (Phi) is 3.93. The highest BCUT2D eigenvalue weighted by molar-refractivity contribution is 6.21. The fourth-order valence-corrected chi connectivity index (χ4v) is 2.96. The van der Waals surface area contributed by atoms with Crippen LogP contribution in [-0.4, -0.2) is 46.9 Å². The van der Waals surface area contributed by atoms with Crippen LogP contribution in [0.3, 0.4) is 0 Å². The van der Waals surface area contributed by atoms with Gasteiger partial charge in [0.1, 0.15) is 5.52 Å². The number of carbonyl (C=O) groups excluding carboxylic acids is 2. The number of fused-ring (bicyclic) bond motifs is 2. The van der Waals surface area contributed by atoms with Crippen LogP contribution in [0.5, 0.6) is 0 Å². The fourth-order valence-electron chi connectivity index (χ4n) is 2.96. The Morgan fingerprint density at radius 1 is 1.15 bits per heavy atom. The number of hydrogen-bond donors (Lipinski definition) is 0. The molecule has 4 rings (SSSR count). The van der Waals surface area contributed by atoms with Crippen LogP contribution in [0, 0.1) is 10.1 Å². The summed E-state index contributed by atoms with van der Waals surface area (Å²) in [4.78, 5) is 40.6. The maximum Gasteiger partial charge on any atom is 0.271 e. The Morgan fingerprint density at radius 2 is 1.93 bits per heavy atom. The average molecular weight is 367 g/mol. The molecule has 0 saturated carbocycles. The second-order valence-electron chi connectivity index (χ2n) is 5.94. The van der Waals surface area contributed by atoms with Gasteiger partial charge in [0.25, 0.3) is 17.5 Å². The second kappa shape index (κ2) is 6.29. The minimum Gasteiger partial charge on any atom is -0.436 e. The highest BCUT2D eigenvalue weighted by atomic mass is 16.6. The molecule has 0 N–H and O–H groups in total. The quantitative estimate of drug-likeness (QED) is 0.387. The molecular weight excluding hydrogens is 354 g/mol. The van der Waals surface area contributed by atoms with E-state index in [1.54, 1.807) is 18.2 Å². The number of nitro benzene ring substituents is 1. The molecule has 1 aliphatic heterocycles. The largest absolute Gasteiger partial charge is 0.436 e. The number of hydrogen-bond acceptors (Lipinski definition) is 7. The van der Waals surface area contributed by atoms with E-state index in [2.05, 4.69) is 4.98 Å².